The topological polar surface area (TPSA) is 38.5 Å². The second kappa shape index (κ2) is 11.4. The molecule has 1 aromatic carbocycles. The Morgan fingerprint density at radius 3 is 2.10 bits per heavy atom. The van der Waals surface area contributed by atoms with E-state index in [1.165, 1.54) is 19.2 Å². The number of aryl methyl sites for hydroxylation is 2. The molecule has 0 saturated carbocycles. The summed E-state index contributed by atoms with van der Waals surface area (Å²) in [5, 5.41) is 3.57. The summed E-state index contributed by atoms with van der Waals surface area (Å²) in [6.07, 6.45) is 3.68. The average Bonchev–Trinajstić information content (AvgIpc) is 3.33. The van der Waals surface area contributed by atoms with E-state index in [4.69, 9.17) is 0 Å². The van der Waals surface area contributed by atoms with Crippen molar-refractivity contribution in [2.45, 2.75) is 70.1 Å². The fourth-order valence-electron chi connectivity index (χ4n) is 5.94. The van der Waals surface area contributed by atoms with Gasteiger partial charge in [0.25, 0.3) is 5.82 Å². The van der Waals surface area contributed by atoms with Gasteiger partial charge in [-0.05, 0) is 37.1 Å². The van der Waals surface area contributed by atoms with Gasteiger partial charge in [-0.2, -0.15) is 27.3 Å². The second-order valence-electron chi connectivity index (χ2n) is 10.3. The number of nitrogens with zero attached hydrogens (tertiary/aromatic N) is 5. The predicted octanol–water partition coefficient (Wildman–Crippen LogP) is 6.31. The van der Waals surface area contributed by atoms with Crippen LogP contribution in [0.15, 0.2) is 73.2 Å². The third-order valence-electron chi connectivity index (χ3n) is 8.20. The first kappa shape index (κ1) is 29.3. The van der Waals surface area contributed by atoms with Gasteiger partial charge < -0.3 is 0 Å². The Kier molecular flexibility index (Phi) is 8.37. The summed E-state index contributed by atoms with van der Waals surface area (Å²) in [4.78, 5) is 3.77. The normalized spacial score (nSPS) is 15.0. The summed E-state index contributed by atoms with van der Waals surface area (Å²) in [7, 11) is 1.44. The average molecular weight is 560 g/mol. The smallest absolute Gasteiger partial charge is 0.243 e. The number of hydrogen-bond donors (Lipinski definition) is 0. The molecule has 0 aliphatic rings. The van der Waals surface area contributed by atoms with Crippen LogP contribution in [0, 0.1) is 11.6 Å². The van der Waals surface area contributed by atoms with E-state index in [1.54, 1.807) is 12.1 Å². The highest BCUT2D eigenvalue weighted by atomic mass is 19.4. The standard InChI is InChI=1S/C30H34F5N5/c1-5-28(3,22-19-23(31)21-24(32)20-22)29(6-2,40-17-9-7-10-18-40)14-12-16-39-15-11-8-13-25(39)26-36-27(30(33,34)35)37-38(26)4/h7-11,13,15,17-21H,5-6,12,14,16H2,1-4H3/q+2. The molecule has 0 fully saturated rings. The largest absolute Gasteiger partial charge is 0.453 e. The van der Waals surface area contributed by atoms with E-state index in [9.17, 15) is 22.0 Å². The van der Waals surface area contributed by atoms with Crippen LogP contribution in [0.5, 0.6) is 0 Å². The van der Waals surface area contributed by atoms with Crippen LogP contribution in [0.3, 0.4) is 0 Å². The highest BCUT2D eigenvalue weighted by Gasteiger charge is 2.54. The van der Waals surface area contributed by atoms with E-state index in [2.05, 4.69) is 21.6 Å². The number of hydrogen-bond acceptors (Lipinski definition) is 2. The Morgan fingerprint density at radius 1 is 0.875 bits per heavy atom. The van der Waals surface area contributed by atoms with Crippen LogP contribution in [0.2, 0.25) is 0 Å². The lowest BCUT2D eigenvalue weighted by Crippen LogP contribution is -2.66. The van der Waals surface area contributed by atoms with E-state index in [1.807, 2.05) is 61.3 Å². The van der Waals surface area contributed by atoms with Gasteiger partial charge in [0.05, 0.1) is 5.41 Å². The summed E-state index contributed by atoms with van der Waals surface area (Å²) in [5.41, 5.74) is -0.121. The molecule has 0 bridgehead atoms. The number of rotatable bonds is 10. The molecular formula is C30H34F5N5+2. The Bertz CT molecular complexity index is 1430. The molecule has 0 amide bonds. The van der Waals surface area contributed by atoms with Crippen molar-refractivity contribution in [3.05, 3.63) is 96.2 Å². The third kappa shape index (κ3) is 5.48. The monoisotopic (exact) mass is 559 g/mol. The van der Waals surface area contributed by atoms with Gasteiger partial charge in [-0.3, -0.25) is 0 Å². The summed E-state index contributed by atoms with van der Waals surface area (Å²) >= 11 is 0. The van der Waals surface area contributed by atoms with E-state index in [0.717, 1.165) is 10.7 Å². The molecule has 10 heteroatoms. The molecule has 3 heterocycles. The van der Waals surface area contributed by atoms with Gasteiger partial charge in [0.1, 0.15) is 18.2 Å². The van der Waals surface area contributed by atoms with Gasteiger partial charge in [-0.1, -0.05) is 19.9 Å². The van der Waals surface area contributed by atoms with E-state index in [-0.39, 0.29) is 5.82 Å². The first-order chi connectivity index (χ1) is 18.9. The van der Waals surface area contributed by atoms with Gasteiger partial charge in [0, 0.05) is 56.6 Å². The number of benzene rings is 1. The first-order valence-corrected chi connectivity index (χ1v) is 13.4. The zero-order valence-corrected chi connectivity index (χ0v) is 23.1. The maximum Gasteiger partial charge on any atom is 0.453 e. The molecule has 0 N–H and O–H groups in total. The van der Waals surface area contributed by atoms with Crippen molar-refractivity contribution in [2.75, 3.05) is 0 Å². The van der Waals surface area contributed by atoms with Crippen molar-refractivity contribution in [3.63, 3.8) is 0 Å². The molecule has 0 aliphatic heterocycles. The summed E-state index contributed by atoms with van der Waals surface area (Å²) in [6, 6.07) is 14.8. The Morgan fingerprint density at radius 2 is 1.52 bits per heavy atom. The van der Waals surface area contributed by atoms with Crippen molar-refractivity contribution in [2.24, 2.45) is 7.05 Å². The minimum atomic E-state index is -4.65. The minimum Gasteiger partial charge on any atom is -0.243 e. The maximum atomic E-state index is 14.4. The number of aromatic nitrogens is 5. The number of alkyl halides is 3. The molecule has 0 spiro atoms. The fourth-order valence-corrected chi connectivity index (χ4v) is 5.94. The zero-order chi connectivity index (χ0) is 29.1. The molecular weight excluding hydrogens is 525 g/mol. The number of halogens is 5. The van der Waals surface area contributed by atoms with Crippen LogP contribution < -0.4 is 9.13 Å². The van der Waals surface area contributed by atoms with Crippen LogP contribution in [0.4, 0.5) is 22.0 Å². The maximum absolute atomic E-state index is 14.4. The van der Waals surface area contributed by atoms with Crippen LogP contribution in [0.1, 0.15) is 57.8 Å². The van der Waals surface area contributed by atoms with Crippen LogP contribution >= 0.6 is 0 Å². The third-order valence-corrected chi connectivity index (χ3v) is 8.20. The molecule has 4 aromatic rings. The van der Waals surface area contributed by atoms with E-state index in [0.29, 0.717) is 43.5 Å². The van der Waals surface area contributed by atoms with Crippen LogP contribution in [0.25, 0.3) is 11.5 Å². The first-order valence-electron chi connectivity index (χ1n) is 13.4. The molecule has 2 atom stereocenters. The SMILES string of the molecule is CCC(C)(c1cc(F)cc(F)c1)C(CC)(CCC[n+]1ccccc1-c1nc(C(F)(F)F)nn1C)[n+]1ccccc1. The van der Waals surface area contributed by atoms with Crippen molar-refractivity contribution in [1.82, 2.24) is 14.8 Å². The lowest BCUT2D eigenvalue weighted by atomic mass is 9.61. The Balaban J connectivity index is 1.73. The van der Waals surface area contributed by atoms with Crippen molar-refractivity contribution >= 4 is 0 Å². The van der Waals surface area contributed by atoms with Crippen LogP contribution in [-0.4, -0.2) is 14.8 Å². The van der Waals surface area contributed by atoms with Crippen molar-refractivity contribution in [3.8, 4) is 11.5 Å². The molecule has 4 rings (SSSR count). The minimum absolute atomic E-state index is 0.112. The second-order valence-corrected chi connectivity index (χ2v) is 10.3. The quantitative estimate of drug-likeness (QED) is 0.169. The van der Waals surface area contributed by atoms with Gasteiger partial charge in [-0.25, -0.2) is 13.5 Å². The highest BCUT2D eigenvalue weighted by Crippen LogP contribution is 2.45. The molecule has 3 aromatic heterocycles. The Labute approximate surface area is 230 Å². The van der Waals surface area contributed by atoms with E-state index < -0.39 is 34.6 Å². The highest BCUT2D eigenvalue weighted by molar-refractivity contribution is 5.44. The molecule has 0 radical (unpaired) electrons. The molecule has 5 nitrogen and oxygen atoms in total. The molecule has 0 saturated heterocycles. The number of pyridine rings is 2. The molecule has 212 valence electrons. The van der Waals surface area contributed by atoms with Gasteiger partial charge >= 0.3 is 6.18 Å². The Hall–Kier alpha value is -3.69. The summed E-state index contributed by atoms with van der Waals surface area (Å²) in [5.74, 6) is -2.32. The van der Waals surface area contributed by atoms with E-state index >= 15 is 0 Å². The fraction of sp³-hybridized carbons (Fsp3) is 0.400. The molecule has 40 heavy (non-hydrogen) atoms. The van der Waals surface area contributed by atoms with Gasteiger partial charge in [-0.15, -0.1) is 5.10 Å². The van der Waals surface area contributed by atoms with Crippen LogP contribution in [-0.2, 0) is 30.7 Å². The van der Waals surface area contributed by atoms with Gasteiger partial charge in [0.2, 0.25) is 11.5 Å². The lowest BCUT2D eigenvalue weighted by molar-refractivity contribution is -0.778. The zero-order valence-electron chi connectivity index (χ0n) is 23.1. The molecule has 0 aliphatic carbocycles. The van der Waals surface area contributed by atoms with Crippen molar-refractivity contribution < 1.29 is 31.1 Å². The lowest BCUT2D eigenvalue weighted by Gasteiger charge is -2.44. The predicted molar refractivity (Wildman–Crippen MR) is 140 cm³/mol. The van der Waals surface area contributed by atoms with Crippen molar-refractivity contribution in [1.29, 1.82) is 0 Å². The van der Waals surface area contributed by atoms with Gasteiger partial charge in [0.15, 0.2) is 24.1 Å². The molecule has 2 unspecified atom stereocenters. The summed E-state index contributed by atoms with van der Waals surface area (Å²) in [6.45, 7) is 6.62. The summed E-state index contributed by atoms with van der Waals surface area (Å²) < 4.78 is 73.8.